The number of aliphatic carboxylic acids is 1. The van der Waals surface area contributed by atoms with Crippen LogP contribution in [0.2, 0.25) is 5.02 Å². The second-order valence-corrected chi connectivity index (χ2v) is 4.82. The van der Waals surface area contributed by atoms with Crippen molar-refractivity contribution in [2.75, 3.05) is 18.0 Å². The Morgan fingerprint density at radius 1 is 1.61 bits per heavy atom. The van der Waals surface area contributed by atoms with E-state index in [1.165, 1.54) is 0 Å². The zero-order valence-corrected chi connectivity index (χ0v) is 10.3. The summed E-state index contributed by atoms with van der Waals surface area (Å²) in [6.07, 6.45) is 0.389. The van der Waals surface area contributed by atoms with Crippen LogP contribution in [0, 0.1) is 11.3 Å². The van der Waals surface area contributed by atoms with E-state index in [-0.39, 0.29) is 6.54 Å². The van der Waals surface area contributed by atoms with Crippen molar-refractivity contribution in [3.05, 3.63) is 28.8 Å². The van der Waals surface area contributed by atoms with Crippen LogP contribution in [0.4, 0.5) is 5.69 Å². The summed E-state index contributed by atoms with van der Waals surface area (Å²) in [7, 11) is 0. The van der Waals surface area contributed by atoms with Crippen molar-refractivity contribution in [2.24, 2.45) is 5.73 Å². The molecule has 1 aliphatic rings. The third kappa shape index (κ3) is 2.13. The van der Waals surface area contributed by atoms with Crippen LogP contribution in [0.3, 0.4) is 0 Å². The molecule has 0 bridgehead atoms. The number of nitrogens with zero attached hydrogens (tertiary/aromatic N) is 2. The molecule has 3 N–H and O–H groups in total. The molecule has 94 valence electrons. The average Bonchev–Trinajstić information content (AvgIpc) is 2.73. The van der Waals surface area contributed by atoms with E-state index >= 15 is 0 Å². The molecule has 0 radical (unpaired) electrons. The van der Waals surface area contributed by atoms with Gasteiger partial charge in [0, 0.05) is 18.8 Å². The van der Waals surface area contributed by atoms with Gasteiger partial charge in [0.15, 0.2) is 0 Å². The highest BCUT2D eigenvalue weighted by Crippen LogP contribution is 2.28. The van der Waals surface area contributed by atoms with Gasteiger partial charge in [0.25, 0.3) is 0 Å². The van der Waals surface area contributed by atoms with Crippen LogP contribution in [0.5, 0.6) is 0 Å². The van der Waals surface area contributed by atoms with E-state index in [9.17, 15) is 4.79 Å². The molecule has 0 aromatic heterocycles. The van der Waals surface area contributed by atoms with Crippen LogP contribution in [0.25, 0.3) is 0 Å². The molecular weight excluding hydrogens is 254 g/mol. The van der Waals surface area contributed by atoms with Gasteiger partial charge in [0.05, 0.1) is 10.6 Å². The first-order valence-corrected chi connectivity index (χ1v) is 5.81. The first kappa shape index (κ1) is 12.7. The number of nitrogens with two attached hydrogens (primary N) is 1. The standard InChI is InChI=1S/C12H12ClN3O2/c13-10-5-9(2-1-8(10)6-14)16-4-3-12(15,7-16)11(17)18/h1-2,5H,3-4,7,15H2,(H,17,18). The fraction of sp³-hybridized carbons (Fsp3) is 0.333. The normalized spacial score (nSPS) is 22.8. The summed E-state index contributed by atoms with van der Waals surface area (Å²) in [5.74, 6) is -0.996. The quantitative estimate of drug-likeness (QED) is 0.839. The van der Waals surface area contributed by atoms with Crippen molar-refractivity contribution in [3.63, 3.8) is 0 Å². The molecule has 0 saturated carbocycles. The number of nitriles is 1. The summed E-state index contributed by atoms with van der Waals surface area (Å²) >= 11 is 5.94. The maximum Gasteiger partial charge on any atom is 0.325 e. The number of hydrogen-bond acceptors (Lipinski definition) is 4. The lowest BCUT2D eigenvalue weighted by atomic mass is 10.0. The van der Waals surface area contributed by atoms with E-state index in [2.05, 4.69) is 0 Å². The van der Waals surface area contributed by atoms with Crippen molar-refractivity contribution < 1.29 is 9.90 Å². The molecule has 18 heavy (non-hydrogen) atoms. The van der Waals surface area contributed by atoms with Crippen LogP contribution in [-0.4, -0.2) is 29.7 Å². The van der Waals surface area contributed by atoms with Gasteiger partial charge in [-0.2, -0.15) is 5.26 Å². The molecular formula is C12H12ClN3O2. The predicted octanol–water partition coefficient (Wildman–Crippen LogP) is 1.20. The van der Waals surface area contributed by atoms with Crippen molar-refractivity contribution in [3.8, 4) is 6.07 Å². The number of halogens is 1. The summed E-state index contributed by atoms with van der Waals surface area (Å²) in [5, 5.41) is 18.2. The summed E-state index contributed by atoms with van der Waals surface area (Å²) in [5.41, 5.74) is 5.77. The first-order valence-electron chi connectivity index (χ1n) is 5.43. The molecule has 1 unspecified atom stereocenters. The highest BCUT2D eigenvalue weighted by Gasteiger charge is 2.41. The Labute approximate surface area is 109 Å². The molecule has 1 heterocycles. The summed E-state index contributed by atoms with van der Waals surface area (Å²) in [4.78, 5) is 12.9. The van der Waals surface area contributed by atoms with Gasteiger partial charge < -0.3 is 15.7 Å². The van der Waals surface area contributed by atoms with Crippen molar-refractivity contribution in [2.45, 2.75) is 12.0 Å². The molecule has 1 atom stereocenters. The van der Waals surface area contributed by atoms with E-state index in [1.807, 2.05) is 11.0 Å². The smallest absolute Gasteiger partial charge is 0.325 e. The Bertz CT molecular complexity index is 541. The monoisotopic (exact) mass is 265 g/mol. The minimum Gasteiger partial charge on any atom is -0.480 e. The number of benzene rings is 1. The largest absolute Gasteiger partial charge is 0.480 e. The van der Waals surface area contributed by atoms with E-state index in [0.29, 0.717) is 23.6 Å². The number of carboxylic acids is 1. The topological polar surface area (TPSA) is 90.4 Å². The fourth-order valence-electron chi connectivity index (χ4n) is 2.02. The van der Waals surface area contributed by atoms with Crippen LogP contribution < -0.4 is 10.6 Å². The molecule has 2 rings (SSSR count). The summed E-state index contributed by atoms with van der Waals surface area (Å²) in [6, 6.07) is 7.01. The average molecular weight is 266 g/mol. The third-order valence-corrected chi connectivity index (χ3v) is 3.48. The van der Waals surface area contributed by atoms with Crippen LogP contribution >= 0.6 is 11.6 Å². The van der Waals surface area contributed by atoms with Crippen molar-refractivity contribution >= 4 is 23.3 Å². The Hall–Kier alpha value is -1.77. The minimum atomic E-state index is -1.21. The molecule has 0 amide bonds. The second kappa shape index (κ2) is 4.48. The van der Waals surface area contributed by atoms with Crippen LogP contribution in [0.1, 0.15) is 12.0 Å². The zero-order chi connectivity index (χ0) is 13.3. The van der Waals surface area contributed by atoms with Crippen molar-refractivity contribution in [1.82, 2.24) is 0 Å². The van der Waals surface area contributed by atoms with Crippen LogP contribution in [0.15, 0.2) is 18.2 Å². The highest BCUT2D eigenvalue weighted by molar-refractivity contribution is 6.32. The van der Waals surface area contributed by atoms with Gasteiger partial charge in [-0.25, -0.2) is 0 Å². The maximum absolute atomic E-state index is 11.0. The first-order chi connectivity index (χ1) is 8.46. The fourth-order valence-corrected chi connectivity index (χ4v) is 2.24. The highest BCUT2D eigenvalue weighted by atomic mass is 35.5. The minimum absolute atomic E-state index is 0.241. The van der Waals surface area contributed by atoms with Gasteiger partial charge in [0.2, 0.25) is 0 Å². The predicted molar refractivity (Wildman–Crippen MR) is 67.6 cm³/mol. The molecule has 1 aliphatic heterocycles. The maximum atomic E-state index is 11.0. The van der Waals surface area contributed by atoms with Gasteiger partial charge >= 0.3 is 5.97 Å². The van der Waals surface area contributed by atoms with Gasteiger partial charge in [0.1, 0.15) is 11.6 Å². The zero-order valence-electron chi connectivity index (χ0n) is 9.56. The lowest BCUT2D eigenvalue weighted by molar-refractivity contribution is -0.142. The van der Waals surface area contributed by atoms with E-state index in [4.69, 9.17) is 27.7 Å². The number of carbonyl (C=O) groups is 1. The van der Waals surface area contributed by atoms with E-state index < -0.39 is 11.5 Å². The molecule has 0 aliphatic carbocycles. The number of rotatable bonds is 2. The molecule has 1 aromatic rings. The Kier molecular flexibility index (Phi) is 3.16. The third-order valence-electron chi connectivity index (χ3n) is 3.17. The van der Waals surface area contributed by atoms with E-state index in [0.717, 1.165) is 5.69 Å². The number of anilines is 1. The Morgan fingerprint density at radius 2 is 2.33 bits per heavy atom. The molecule has 1 aromatic carbocycles. The van der Waals surface area contributed by atoms with Gasteiger partial charge in [-0.3, -0.25) is 4.79 Å². The molecule has 0 spiro atoms. The van der Waals surface area contributed by atoms with Gasteiger partial charge in [-0.15, -0.1) is 0 Å². The molecule has 6 heteroatoms. The molecule has 1 saturated heterocycles. The van der Waals surface area contributed by atoms with Gasteiger partial charge in [-0.05, 0) is 24.6 Å². The summed E-state index contributed by atoms with van der Waals surface area (Å²) < 4.78 is 0. The van der Waals surface area contributed by atoms with Crippen molar-refractivity contribution in [1.29, 1.82) is 5.26 Å². The van der Waals surface area contributed by atoms with Crippen LogP contribution in [-0.2, 0) is 4.79 Å². The Balaban J connectivity index is 2.23. The lowest BCUT2D eigenvalue weighted by Gasteiger charge is -2.21. The summed E-state index contributed by atoms with van der Waals surface area (Å²) in [6.45, 7) is 0.801. The lowest BCUT2D eigenvalue weighted by Crippen LogP contribution is -2.50. The molecule has 1 fully saturated rings. The number of hydrogen-bond donors (Lipinski definition) is 2. The molecule has 5 nitrogen and oxygen atoms in total. The van der Waals surface area contributed by atoms with E-state index in [1.54, 1.807) is 18.2 Å². The Morgan fingerprint density at radius 3 is 2.83 bits per heavy atom. The SMILES string of the molecule is N#Cc1ccc(N2CCC(N)(C(=O)O)C2)cc1Cl. The van der Waals surface area contributed by atoms with Gasteiger partial charge in [-0.1, -0.05) is 11.6 Å². The second-order valence-electron chi connectivity index (χ2n) is 4.41. The number of carboxylic acid groups (broad SMARTS) is 1.